The van der Waals surface area contributed by atoms with E-state index >= 15 is 0 Å². The summed E-state index contributed by atoms with van der Waals surface area (Å²) < 4.78 is 5.72. The number of amidine groups is 1. The molecular formula is C26H27N5O2. The van der Waals surface area contributed by atoms with Crippen LogP contribution in [0.3, 0.4) is 0 Å². The van der Waals surface area contributed by atoms with Crippen molar-refractivity contribution >= 4 is 23.2 Å². The Morgan fingerprint density at radius 1 is 1.06 bits per heavy atom. The molecule has 1 amide bonds. The van der Waals surface area contributed by atoms with Gasteiger partial charge in [-0.05, 0) is 42.7 Å². The number of hydrogen-bond donors (Lipinski definition) is 2. The van der Waals surface area contributed by atoms with Crippen molar-refractivity contribution in [2.75, 3.05) is 30.3 Å². The van der Waals surface area contributed by atoms with Crippen molar-refractivity contribution in [2.24, 2.45) is 4.99 Å². The maximum absolute atomic E-state index is 13.0. The monoisotopic (exact) mass is 441 g/mol. The molecule has 1 saturated heterocycles. The second kappa shape index (κ2) is 9.32. The Labute approximate surface area is 193 Å². The van der Waals surface area contributed by atoms with Gasteiger partial charge in [0.2, 0.25) is 0 Å². The van der Waals surface area contributed by atoms with E-state index in [9.17, 15) is 4.79 Å². The quantitative estimate of drug-likeness (QED) is 0.627. The highest BCUT2D eigenvalue weighted by atomic mass is 16.5. The van der Waals surface area contributed by atoms with Crippen LogP contribution in [0.15, 0.2) is 84.0 Å². The van der Waals surface area contributed by atoms with Crippen LogP contribution in [0, 0.1) is 0 Å². The minimum absolute atomic E-state index is 0.0160. The molecule has 2 aliphatic rings. The number of carbonyl (C=O) groups excluding carboxylic acids is 1. The lowest BCUT2D eigenvalue weighted by Gasteiger charge is -2.47. The number of aliphatic imine (C=N–C) groups is 1. The van der Waals surface area contributed by atoms with Gasteiger partial charge < -0.3 is 20.3 Å². The maximum Gasteiger partial charge on any atom is 0.260 e. The molecule has 1 atom stereocenters. The third-order valence-electron chi connectivity index (χ3n) is 6.08. The van der Waals surface area contributed by atoms with Crippen LogP contribution in [-0.2, 0) is 11.3 Å². The normalized spacial score (nSPS) is 20.6. The van der Waals surface area contributed by atoms with Crippen LogP contribution in [0.4, 0.5) is 11.5 Å². The number of aromatic nitrogens is 1. The van der Waals surface area contributed by atoms with E-state index in [1.54, 1.807) is 6.20 Å². The third-order valence-corrected chi connectivity index (χ3v) is 6.08. The van der Waals surface area contributed by atoms with Crippen LogP contribution in [0.1, 0.15) is 18.4 Å². The Balaban J connectivity index is 1.37. The Hall–Kier alpha value is -3.87. The molecule has 1 fully saturated rings. The fraction of sp³-hybridized carbons (Fsp3) is 0.269. The maximum atomic E-state index is 13.0. The van der Waals surface area contributed by atoms with E-state index in [2.05, 4.69) is 27.8 Å². The largest absolute Gasteiger partial charge is 0.484 e. The standard InChI is InChI=1S/C26H27N5O2/c32-23(18-33-21-11-5-2-6-12-21)31-16-8-14-26(19-31)25(28-17-20-9-3-1-4-10-20)29-24-22(30-26)13-7-15-27-24/h1-7,9-13,15,30H,8,14,16-19H2,(H,27,28,29). The number of para-hydroxylation sites is 1. The molecule has 2 N–H and O–H groups in total. The summed E-state index contributed by atoms with van der Waals surface area (Å²) in [7, 11) is 0. The molecule has 33 heavy (non-hydrogen) atoms. The van der Waals surface area contributed by atoms with Gasteiger partial charge in [-0.25, -0.2) is 4.98 Å². The summed E-state index contributed by atoms with van der Waals surface area (Å²) in [5.41, 5.74) is 1.56. The Morgan fingerprint density at radius 3 is 2.67 bits per heavy atom. The Kier molecular flexibility index (Phi) is 5.93. The average molecular weight is 442 g/mol. The van der Waals surface area contributed by atoms with Crippen molar-refractivity contribution in [1.82, 2.24) is 9.88 Å². The zero-order valence-electron chi connectivity index (χ0n) is 18.4. The van der Waals surface area contributed by atoms with Crippen LogP contribution in [-0.4, -0.2) is 46.9 Å². The number of likely N-dealkylation sites (tertiary alicyclic amines) is 1. The Morgan fingerprint density at radius 2 is 1.85 bits per heavy atom. The number of nitrogens with zero attached hydrogens (tertiary/aromatic N) is 3. The predicted octanol–water partition coefficient (Wildman–Crippen LogP) is 3.96. The van der Waals surface area contributed by atoms with Gasteiger partial charge in [-0.3, -0.25) is 9.79 Å². The summed E-state index contributed by atoms with van der Waals surface area (Å²) >= 11 is 0. The second-order valence-electron chi connectivity index (χ2n) is 8.40. The van der Waals surface area contributed by atoms with Crippen molar-refractivity contribution in [3.8, 4) is 5.75 Å². The summed E-state index contributed by atoms with van der Waals surface area (Å²) in [6.45, 7) is 1.78. The van der Waals surface area contributed by atoms with Crippen molar-refractivity contribution in [3.05, 3.63) is 84.6 Å². The fourth-order valence-corrected chi connectivity index (χ4v) is 4.42. The average Bonchev–Trinajstić information content (AvgIpc) is 2.87. The first kappa shape index (κ1) is 21.0. The van der Waals surface area contributed by atoms with E-state index in [0.717, 1.165) is 35.7 Å². The fourth-order valence-electron chi connectivity index (χ4n) is 4.42. The number of ether oxygens (including phenoxy) is 1. The first-order valence-electron chi connectivity index (χ1n) is 11.3. The van der Waals surface area contributed by atoms with Crippen LogP contribution in [0.25, 0.3) is 0 Å². The smallest absolute Gasteiger partial charge is 0.260 e. The lowest BCUT2D eigenvalue weighted by molar-refractivity contribution is -0.134. The highest BCUT2D eigenvalue weighted by Gasteiger charge is 2.44. The molecule has 2 aromatic carbocycles. The van der Waals surface area contributed by atoms with Gasteiger partial charge in [0.05, 0.1) is 18.8 Å². The molecule has 0 aliphatic carbocycles. The zero-order valence-corrected chi connectivity index (χ0v) is 18.4. The molecule has 1 aromatic heterocycles. The first-order valence-corrected chi connectivity index (χ1v) is 11.3. The van der Waals surface area contributed by atoms with E-state index < -0.39 is 5.54 Å². The minimum Gasteiger partial charge on any atom is -0.484 e. The molecule has 5 rings (SSSR count). The molecule has 3 aromatic rings. The number of nitrogens with one attached hydrogen (secondary N) is 2. The van der Waals surface area contributed by atoms with Crippen LogP contribution in [0.5, 0.6) is 5.75 Å². The lowest BCUT2D eigenvalue weighted by Crippen LogP contribution is -2.63. The van der Waals surface area contributed by atoms with Crippen LogP contribution < -0.4 is 15.4 Å². The first-order chi connectivity index (χ1) is 16.2. The van der Waals surface area contributed by atoms with E-state index in [0.29, 0.717) is 25.4 Å². The summed E-state index contributed by atoms with van der Waals surface area (Å²) in [5.74, 6) is 2.24. The molecule has 168 valence electrons. The number of pyridine rings is 1. The van der Waals surface area contributed by atoms with Gasteiger partial charge in [0.1, 0.15) is 17.1 Å². The summed E-state index contributed by atoms with van der Waals surface area (Å²) in [4.78, 5) is 24.3. The molecule has 1 unspecified atom stereocenters. The van der Waals surface area contributed by atoms with Gasteiger partial charge in [-0.15, -0.1) is 0 Å². The summed E-state index contributed by atoms with van der Waals surface area (Å²) in [5, 5.41) is 7.12. The molecule has 3 heterocycles. The molecular weight excluding hydrogens is 414 g/mol. The lowest BCUT2D eigenvalue weighted by atomic mass is 9.85. The van der Waals surface area contributed by atoms with Gasteiger partial charge >= 0.3 is 0 Å². The number of benzene rings is 2. The van der Waals surface area contributed by atoms with Gasteiger partial charge in [0.15, 0.2) is 12.4 Å². The number of carbonyl (C=O) groups is 1. The summed E-state index contributed by atoms with van der Waals surface area (Å²) in [6.07, 6.45) is 3.49. The number of fused-ring (bicyclic) bond motifs is 1. The number of piperidine rings is 1. The minimum atomic E-state index is -0.495. The predicted molar refractivity (Wildman–Crippen MR) is 130 cm³/mol. The molecule has 7 nitrogen and oxygen atoms in total. The van der Waals surface area contributed by atoms with E-state index in [1.807, 2.05) is 65.6 Å². The van der Waals surface area contributed by atoms with Crippen LogP contribution in [0.2, 0.25) is 0 Å². The van der Waals surface area contributed by atoms with Crippen molar-refractivity contribution in [1.29, 1.82) is 0 Å². The van der Waals surface area contributed by atoms with Crippen molar-refractivity contribution < 1.29 is 9.53 Å². The molecule has 0 radical (unpaired) electrons. The molecule has 2 aliphatic heterocycles. The highest BCUT2D eigenvalue weighted by Crippen LogP contribution is 2.35. The van der Waals surface area contributed by atoms with Crippen molar-refractivity contribution in [2.45, 2.75) is 24.9 Å². The SMILES string of the molecule is O=C(COc1ccccc1)N1CCCC2(C1)Nc1cccnc1NC2=NCc1ccccc1. The highest BCUT2D eigenvalue weighted by molar-refractivity contribution is 6.09. The Bertz CT molecular complexity index is 1140. The van der Waals surface area contributed by atoms with Gasteiger partial charge in [0.25, 0.3) is 5.91 Å². The number of amides is 1. The molecule has 0 saturated carbocycles. The number of anilines is 2. The van der Waals surface area contributed by atoms with Gasteiger partial charge in [-0.2, -0.15) is 0 Å². The second-order valence-corrected chi connectivity index (χ2v) is 8.40. The van der Waals surface area contributed by atoms with Gasteiger partial charge in [0, 0.05) is 12.7 Å². The van der Waals surface area contributed by atoms with E-state index in [1.165, 1.54) is 0 Å². The topological polar surface area (TPSA) is 78.8 Å². The molecule has 1 spiro atoms. The van der Waals surface area contributed by atoms with E-state index in [-0.39, 0.29) is 12.5 Å². The summed E-state index contributed by atoms with van der Waals surface area (Å²) in [6, 6.07) is 23.5. The number of hydrogen-bond acceptors (Lipinski definition) is 5. The van der Waals surface area contributed by atoms with Crippen molar-refractivity contribution in [3.63, 3.8) is 0 Å². The van der Waals surface area contributed by atoms with Crippen LogP contribution >= 0.6 is 0 Å². The molecule has 0 bridgehead atoms. The van der Waals surface area contributed by atoms with E-state index in [4.69, 9.17) is 9.73 Å². The third kappa shape index (κ3) is 4.67. The molecule has 7 heteroatoms. The zero-order chi connectivity index (χ0) is 22.5. The van der Waals surface area contributed by atoms with Gasteiger partial charge in [-0.1, -0.05) is 48.5 Å². The number of rotatable bonds is 5.